The number of non-ortho nitro benzene ring substituents is 1. The largest absolute Gasteiger partial charge is 0.338 e. The molecule has 1 aromatic carbocycles. The van der Waals surface area contributed by atoms with Crippen LogP contribution in [0.15, 0.2) is 24.3 Å². The summed E-state index contributed by atoms with van der Waals surface area (Å²) in [6.07, 6.45) is 2.14. The van der Waals surface area contributed by atoms with Crippen LogP contribution in [0.5, 0.6) is 0 Å². The zero-order chi connectivity index (χ0) is 14.3. The fourth-order valence-corrected chi connectivity index (χ4v) is 3.38. The molecule has 106 valence electrons. The third-order valence-corrected chi connectivity index (χ3v) is 4.52. The number of nitrogens with zero attached hydrogens (tertiary/aromatic N) is 2. The molecule has 1 amide bonds. The van der Waals surface area contributed by atoms with Gasteiger partial charge in [-0.1, -0.05) is 0 Å². The lowest BCUT2D eigenvalue weighted by Gasteiger charge is -2.18. The number of nitro groups is 1. The smallest absolute Gasteiger partial charge is 0.269 e. The van der Waals surface area contributed by atoms with Crippen molar-refractivity contribution in [1.29, 1.82) is 0 Å². The molecule has 6 nitrogen and oxygen atoms in total. The van der Waals surface area contributed by atoms with Gasteiger partial charge in [0.25, 0.3) is 11.6 Å². The Bertz CT molecular complexity index is 543. The van der Waals surface area contributed by atoms with Gasteiger partial charge in [-0.3, -0.25) is 14.9 Å². The number of nitro benzene ring substituents is 1. The minimum atomic E-state index is -0.465. The van der Waals surface area contributed by atoms with Crippen molar-refractivity contribution in [2.24, 2.45) is 17.6 Å². The maximum atomic E-state index is 12.4. The van der Waals surface area contributed by atoms with E-state index in [0.717, 1.165) is 19.4 Å². The Morgan fingerprint density at radius 3 is 2.55 bits per heavy atom. The Labute approximate surface area is 116 Å². The van der Waals surface area contributed by atoms with E-state index in [2.05, 4.69) is 0 Å². The highest BCUT2D eigenvalue weighted by molar-refractivity contribution is 5.94. The summed E-state index contributed by atoms with van der Waals surface area (Å²) in [5.41, 5.74) is 6.57. The molecule has 2 aliphatic rings. The van der Waals surface area contributed by atoms with Crippen LogP contribution in [-0.4, -0.2) is 34.9 Å². The molecular weight excluding hydrogens is 258 g/mol. The molecule has 1 saturated carbocycles. The first kappa shape index (κ1) is 13.1. The van der Waals surface area contributed by atoms with Crippen LogP contribution in [0, 0.1) is 22.0 Å². The van der Waals surface area contributed by atoms with Crippen LogP contribution >= 0.6 is 0 Å². The average molecular weight is 275 g/mol. The minimum Gasteiger partial charge on any atom is -0.338 e. The molecule has 0 spiro atoms. The van der Waals surface area contributed by atoms with E-state index in [-0.39, 0.29) is 17.6 Å². The number of likely N-dealkylation sites (tertiary alicyclic amines) is 1. The number of carbonyl (C=O) groups is 1. The molecule has 1 saturated heterocycles. The van der Waals surface area contributed by atoms with E-state index >= 15 is 0 Å². The van der Waals surface area contributed by atoms with Gasteiger partial charge in [0.1, 0.15) is 0 Å². The first-order valence-corrected chi connectivity index (χ1v) is 6.85. The third kappa shape index (κ3) is 2.16. The highest BCUT2D eigenvalue weighted by Gasteiger charge is 2.42. The normalized spacial score (nSPS) is 28.4. The Morgan fingerprint density at radius 2 is 1.95 bits per heavy atom. The lowest BCUT2D eigenvalue weighted by atomic mass is 9.98. The molecule has 2 fully saturated rings. The van der Waals surface area contributed by atoms with E-state index in [9.17, 15) is 14.9 Å². The van der Waals surface area contributed by atoms with Crippen molar-refractivity contribution in [2.45, 2.75) is 18.9 Å². The molecule has 1 heterocycles. The van der Waals surface area contributed by atoms with Crippen LogP contribution < -0.4 is 5.73 Å². The highest BCUT2D eigenvalue weighted by atomic mass is 16.6. The van der Waals surface area contributed by atoms with E-state index in [0.29, 0.717) is 23.9 Å². The first-order valence-electron chi connectivity index (χ1n) is 6.85. The van der Waals surface area contributed by atoms with Gasteiger partial charge >= 0.3 is 0 Å². The van der Waals surface area contributed by atoms with E-state index in [1.54, 1.807) is 0 Å². The molecule has 2 N–H and O–H groups in total. The van der Waals surface area contributed by atoms with Crippen LogP contribution in [0.2, 0.25) is 0 Å². The van der Waals surface area contributed by atoms with Gasteiger partial charge in [-0.2, -0.15) is 0 Å². The number of rotatable bonds is 2. The lowest BCUT2D eigenvalue weighted by Crippen LogP contribution is -2.33. The molecule has 3 atom stereocenters. The van der Waals surface area contributed by atoms with Crippen molar-refractivity contribution in [3.8, 4) is 0 Å². The van der Waals surface area contributed by atoms with E-state index < -0.39 is 4.92 Å². The minimum absolute atomic E-state index is 0.00173. The Hall–Kier alpha value is -1.95. The Morgan fingerprint density at radius 1 is 1.25 bits per heavy atom. The number of carbonyl (C=O) groups excluding carboxylic acids is 1. The Kier molecular flexibility index (Phi) is 3.17. The quantitative estimate of drug-likeness (QED) is 0.652. The summed E-state index contributed by atoms with van der Waals surface area (Å²) in [6, 6.07) is 5.99. The van der Waals surface area contributed by atoms with Crippen molar-refractivity contribution in [1.82, 2.24) is 4.90 Å². The number of fused-ring (bicyclic) bond motifs is 1. The average Bonchev–Trinajstić information content (AvgIpc) is 3.01. The van der Waals surface area contributed by atoms with E-state index in [4.69, 9.17) is 5.73 Å². The zero-order valence-electron chi connectivity index (χ0n) is 11.1. The lowest BCUT2D eigenvalue weighted by molar-refractivity contribution is -0.384. The van der Waals surface area contributed by atoms with Crippen molar-refractivity contribution in [3.63, 3.8) is 0 Å². The summed E-state index contributed by atoms with van der Waals surface area (Å²) < 4.78 is 0. The van der Waals surface area contributed by atoms with Crippen LogP contribution in [0.25, 0.3) is 0 Å². The van der Waals surface area contributed by atoms with Crippen molar-refractivity contribution < 1.29 is 9.72 Å². The van der Waals surface area contributed by atoms with Gasteiger partial charge in [-0.15, -0.1) is 0 Å². The highest BCUT2D eigenvalue weighted by Crippen LogP contribution is 2.37. The summed E-state index contributed by atoms with van der Waals surface area (Å²) in [4.78, 5) is 24.3. The third-order valence-electron chi connectivity index (χ3n) is 4.52. The predicted molar refractivity (Wildman–Crippen MR) is 73.2 cm³/mol. The van der Waals surface area contributed by atoms with E-state index in [1.807, 2.05) is 4.90 Å². The van der Waals surface area contributed by atoms with Crippen LogP contribution in [-0.2, 0) is 0 Å². The van der Waals surface area contributed by atoms with Crippen LogP contribution in [0.4, 0.5) is 5.69 Å². The summed E-state index contributed by atoms with van der Waals surface area (Å²) >= 11 is 0. The van der Waals surface area contributed by atoms with Crippen molar-refractivity contribution in [2.75, 3.05) is 13.1 Å². The zero-order valence-corrected chi connectivity index (χ0v) is 11.1. The number of nitrogens with two attached hydrogens (primary N) is 1. The predicted octanol–water partition coefficient (Wildman–Crippen LogP) is 1.40. The van der Waals surface area contributed by atoms with Gasteiger partial charge in [-0.25, -0.2) is 0 Å². The van der Waals surface area contributed by atoms with Gasteiger partial charge in [-0.05, 0) is 36.8 Å². The summed E-state index contributed by atoms with van der Waals surface area (Å²) in [5.74, 6) is 0.880. The van der Waals surface area contributed by atoms with Crippen LogP contribution in [0.3, 0.4) is 0 Å². The number of hydrogen-bond donors (Lipinski definition) is 1. The fraction of sp³-hybridized carbons (Fsp3) is 0.500. The molecule has 0 bridgehead atoms. The van der Waals surface area contributed by atoms with E-state index in [1.165, 1.54) is 24.3 Å². The molecule has 6 heteroatoms. The number of amides is 1. The molecule has 0 aromatic heterocycles. The van der Waals surface area contributed by atoms with Gasteiger partial charge < -0.3 is 10.6 Å². The molecule has 0 radical (unpaired) electrons. The Balaban J connectivity index is 1.72. The summed E-state index contributed by atoms with van der Waals surface area (Å²) in [7, 11) is 0. The topological polar surface area (TPSA) is 89.5 Å². The number of hydrogen-bond acceptors (Lipinski definition) is 4. The molecule has 3 rings (SSSR count). The molecular formula is C14H17N3O3. The van der Waals surface area contributed by atoms with Crippen LogP contribution in [0.1, 0.15) is 23.2 Å². The summed E-state index contributed by atoms with van der Waals surface area (Å²) in [5, 5.41) is 10.6. The van der Waals surface area contributed by atoms with Crippen molar-refractivity contribution in [3.05, 3.63) is 39.9 Å². The second-order valence-corrected chi connectivity index (χ2v) is 5.68. The standard InChI is InChI=1S/C14H17N3O3/c15-13-6-3-10-7-16(8-12(10)13)14(18)9-1-4-11(5-2-9)17(19)20/h1-2,4-5,10,12-13H,3,6-8,15H2. The molecule has 3 unspecified atom stereocenters. The maximum Gasteiger partial charge on any atom is 0.269 e. The van der Waals surface area contributed by atoms with Crippen molar-refractivity contribution >= 4 is 11.6 Å². The SMILES string of the molecule is NC1CCC2CN(C(=O)c3ccc([N+](=O)[O-])cc3)CC12. The maximum absolute atomic E-state index is 12.4. The molecule has 1 aliphatic carbocycles. The first-order chi connectivity index (χ1) is 9.56. The monoisotopic (exact) mass is 275 g/mol. The second-order valence-electron chi connectivity index (χ2n) is 5.68. The molecule has 20 heavy (non-hydrogen) atoms. The van der Waals surface area contributed by atoms with Gasteiger partial charge in [0, 0.05) is 36.8 Å². The van der Waals surface area contributed by atoms with Gasteiger partial charge in [0.15, 0.2) is 0 Å². The number of benzene rings is 1. The van der Waals surface area contributed by atoms with Gasteiger partial charge in [0.2, 0.25) is 0 Å². The molecule has 1 aromatic rings. The second kappa shape index (κ2) is 4.86. The van der Waals surface area contributed by atoms with Gasteiger partial charge in [0.05, 0.1) is 4.92 Å². The summed E-state index contributed by atoms with van der Waals surface area (Å²) in [6.45, 7) is 1.47. The molecule has 1 aliphatic heterocycles. The fourth-order valence-electron chi connectivity index (χ4n) is 3.38.